The number of carbonyl (C=O) groups excluding carboxylic acids is 1. The zero-order valence-corrected chi connectivity index (χ0v) is 10.9. The first-order valence-corrected chi connectivity index (χ1v) is 5.99. The fourth-order valence-corrected chi connectivity index (χ4v) is 1.73. The number of methoxy groups -OCH3 is 1. The molecular weight excluding hydrogens is 256 g/mol. The van der Waals surface area contributed by atoms with Crippen molar-refractivity contribution in [3.8, 4) is 17.2 Å². The molecule has 0 aromatic heterocycles. The number of hydrogen-bond donors (Lipinski definition) is 2. The SMILES string of the molecule is COc1ccc(C(=O)/C=C/c2ccccc2O)c(O)c1. The van der Waals surface area contributed by atoms with E-state index < -0.39 is 0 Å². The Balaban J connectivity index is 2.22. The molecule has 0 fully saturated rings. The average molecular weight is 270 g/mol. The molecule has 0 aliphatic heterocycles. The third kappa shape index (κ3) is 2.98. The summed E-state index contributed by atoms with van der Waals surface area (Å²) >= 11 is 0. The van der Waals surface area contributed by atoms with Crippen LogP contribution in [0.2, 0.25) is 0 Å². The first-order valence-electron chi connectivity index (χ1n) is 5.99. The molecule has 4 heteroatoms. The van der Waals surface area contributed by atoms with E-state index in [2.05, 4.69) is 0 Å². The monoisotopic (exact) mass is 270 g/mol. The van der Waals surface area contributed by atoms with Crippen LogP contribution in [0.25, 0.3) is 6.08 Å². The lowest BCUT2D eigenvalue weighted by atomic mass is 10.1. The van der Waals surface area contributed by atoms with Gasteiger partial charge < -0.3 is 14.9 Å². The normalized spacial score (nSPS) is 10.7. The maximum Gasteiger partial charge on any atom is 0.189 e. The molecule has 0 radical (unpaired) electrons. The number of phenolic OH excluding ortho intramolecular Hbond substituents is 2. The van der Waals surface area contributed by atoms with Gasteiger partial charge in [-0.1, -0.05) is 18.2 Å². The van der Waals surface area contributed by atoms with Crippen LogP contribution in [-0.2, 0) is 0 Å². The molecule has 2 aromatic carbocycles. The number of ketones is 1. The lowest BCUT2D eigenvalue weighted by Gasteiger charge is -2.04. The number of hydrogen-bond acceptors (Lipinski definition) is 4. The summed E-state index contributed by atoms with van der Waals surface area (Å²) in [6.07, 6.45) is 2.80. The standard InChI is InChI=1S/C16H14O4/c1-20-12-7-8-13(16(19)10-12)15(18)9-6-11-4-2-3-5-14(11)17/h2-10,17,19H,1H3/b9-6+. The summed E-state index contributed by atoms with van der Waals surface area (Å²) in [6.45, 7) is 0. The fourth-order valence-electron chi connectivity index (χ4n) is 1.73. The molecule has 2 aromatic rings. The van der Waals surface area contributed by atoms with Crippen molar-refractivity contribution in [1.82, 2.24) is 0 Å². The molecule has 102 valence electrons. The Hall–Kier alpha value is -2.75. The van der Waals surface area contributed by atoms with Gasteiger partial charge in [0.15, 0.2) is 5.78 Å². The molecule has 0 saturated carbocycles. The highest BCUT2D eigenvalue weighted by molar-refractivity contribution is 6.08. The summed E-state index contributed by atoms with van der Waals surface area (Å²) < 4.78 is 4.95. The number of aromatic hydroxyl groups is 2. The smallest absolute Gasteiger partial charge is 0.189 e. The maximum absolute atomic E-state index is 12.0. The number of rotatable bonds is 4. The summed E-state index contributed by atoms with van der Waals surface area (Å²) in [6, 6.07) is 11.1. The number of ether oxygens (including phenoxy) is 1. The van der Waals surface area contributed by atoms with Crippen molar-refractivity contribution in [3.05, 3.63) is 59.7 Å². The van der Waals surface area contributed by atoms with Gasteiger partial charge in [0.2, 0.25) is 0 Å². The van der Waals surface area contributed by atoms with Crippen molar-refractivity contribution < 1.29 is 19.7 Å². The highest BCUT2D eigenvalue weighted by atomic mass is 16.5. The van der Waals surface area contributed by atoms with Crippen LogP contribution in [0.4, 0.5) is 0 Å². The maximum atomic E-state index is 12.0. The summed E-state index contributed by atoms with van der Waals surface area (Å²) in [5, 5.41) is 19.3. The third-order valence-electron chi connectivity index (χ3n) is 2.82. The number of benzene rings is 2. The number of carbonyl (C=O) groups is 1. The van der Waals surface area contributed by atoms with Gasteiger partial charge in [0.25, 0.3) is 0 Å². The number of para-hydroxylation sites is 1. The third-order valence-corrected chi connectivity index (χ3v) is 2.82. The Bertz CT molecular complexity index is 659. The number of allylic oxidation sites excluding steroid dienone is 1. The summed E-state index contributed by atoms with van der Waals surface area (Å²) in [5.74, 6) is 0.0731. The minimum Gasteiger partial charge on any atom is -0.507 e. The first-order chi connectivity index (χ1) is 9.61. The van der Waals surface area contributed by atoms with Crippen molar-refractivity contribution >= 4 is 11.9 Å². The van der Waals surface area contributed by atoms with Crippen LogP contribution in [0.1, 0.15) is 15.9 Å². The van der Waals surface area contributed by atoms with Crippen molar-refractivity contribution in [3.63, 3.8) is 0 Å². The molecule has 2 rings (SSSR count). The predicted molar refractivity (Wildman–Crippen MR) is 76.1 cm³/mol. The Morgan fingerprint density at radius 1 is 1.10 bits per heavy atom. The van der Waals surface area contributed by atoms with Crippen LogP contribution in [-0.4, -0.2) is 23.1 Å². The molecule has 20 heavy (non-hydrogen) atoms. The van der Waals surface area contributed by atoms with Crippen LogP contribution in [0.5, 0.6) is 17.2 Å². The fraction of sp³-hybridized carbons (Fsp3) is 0.0625. The van der Waals surface area contributed by atoms with Gasteiger partial charge in [0.1, 0.15) is 17.2 Å². The van der Waals surface area contributed by atoms with Gasteiger partial charge in [0.05, 0.1) is 12.7 Å². The topological polar surface area (TPSA) is 66.8 Å². The van der Waals surface area contributed by atoms with E-state index in [4.69, 9.17) is 4.74 Å². The Kier molecular flexibility index (Phi) is 4.05. The first kappa shape index (κ1) is 13.7. The second kappa shape index (κ2) is 5.93. The quantitative estimate of drug-likeness (QED) is 0.662. The van der Waals surface area contributed by atoms with E-state index in [-0.39, 0.29) is 22.8 Å². The van der Waals surface area contributed by atoms with Gasteiger partial charge in [-0.15, -0.1) is 0 Å². The molecule has 0 bridgehead atoms. The zero-order valence-electron chi connectivity index (χ0n) is 10.9. The molecule has 2 N–H and O–H groups in total. The van der Waals surface area contributed by atoms with E-state index in [9.17, 15) is 15.0 Å². The highest BCUT2D eigenvalue weighted by Crippen LogP contribution is 2.24. The van der Waals surface area contributed by atoms with E-state index in [0.717, 1.165) is 0 Å². The molecule has 0 unspecified atom stereocenters. The van der Waals surface area contributed by atoms with Crippen molar-refractivity contribution in [2.24, 2.45) is 0 Å². The van der Waals surface area contributed by atoms with Gasteiger partial charge >= 0.3 is 0 Å². The van der Waals surface area contributed by atoms with Crippen molar-refractivity contribution in [2.45, 2.75) is 0 Å². The van der Waals surface area contributed by atoms with E-state index in [0.29, 0.717) is 11.3 Å². The van der Waals surface area contributed by atoms with Gasteiger partial charge in [-0.2, -0.15) is 0 Å². The molecule has 0 aliphatic rings. The summed E-state index contributed by atoms with van der Waals surface area (Å²) in [7, 11) is 1.48. The molecule has 0 atom stereocenters. The molecular formula is C16H14O4. The van der Waals surface area contributed by atoms with Crippen LogP contribution in [0.3, 0.4) is 0 Å². The van der Waals surface area contributed by atoms with Gasteiger partial charge in [-0.05, 0) is 30.4 Å². The summed E-state index contributed by atoms with van der Waals surface area (Å²) in [5.41, 5.74) is 0.714. The van der Waals surface area contributed by atoms with Crippen LogP contribution < -0.4 is 4.74 Å². The Labute approximate surface area is 116 Å². The molecule has 0 saturated heterocycles. The van der Waals surface area contributed by atoms with Gasteiger partial charge in [-0.25, -0.2) is 0 Å². The second-order valence-electron chi connectivity index (χ2n) is 4.14. The second-order valence-corrected chi connectivity index (χ2v) is 4.14. The van der Waals surface area contributed by atoms with Gasteiger partial charge in [0, 0.05) is 11.6 Å². The molecule has 0 heterocycles. The lowest BCUT2D eigenvalue weighted by Crippen LogP contribution is -1.95. The molecule has 0 spiro atoms. The van der Waals surface area contributed by atoms with Crippen LogP contribution in [0.15, 0.2) is 48.5 Å². The molecule has 0 amide bonds. The Morgan fingerprint density at radius 2 is 1.85 bits per heavy atom. The van der Waals surface area contributed by atoms with Crippen LogP contribution in [0, 0.1) is 0 Å². The molecule has 0 aliphatic carbocycles. The predicted octanol–water partition coefficient (Wildman–Crippen LogP) is 3.00. The number of phenols is 2. The van der Waals surface area contributed by atoms with Crippen molar-refractivity contribution in [1.29, 1.82) is 0 Å². The lowest BCUT2D eigenvalue weighted by molar-refractivity contribution is 0.104. The molecule has 4 nitrogen and oxygen atoms in total. The van der Waals surface area contributed by atoms with Crippen molar-refractivity contribution in [2.75, 3.05) is 7.11 Å². The Morgan fingerprint density at radius 3 is 2.50 bits per heavy atom. The minimum absolute atomic E-state index is 0.0931. The zero-order chi connectivity index (χ0) is 14.5. The van der Waals surface area contributed by atoms with E-state index >= 15 is 0 Å². The van der Waals surface area contributed by atoms with E-state index in [1.54, 1.807) is 24.3 Å². The van der Waals surface area contributed by atoms with Crippen LogP contribution >= 0.6 is 0 Å². The van der Waals surface area contributed by atoms with Gasteiger partial charge in [-0.3, -0.25) is 4.79 Å². The minimum atomic E-state index is -0.353. The van der Waals surface area contributed by atoms with E-state index in [1.165, 1.54) is 37.5 Å². The highest BCUT2D eigenvalue weighted by Gasteiger charge is 2.09. The largest absolute Gasteiger partial charge is 0.507 e. The summed E-state index contributed by atoms with van der Waals surface area (Å²) in [4.78, 5) is 12.0. The average Bonchev–Trinajstić information content (AvgIpc) is 2.46. The van der Waals surface area contributed by atoms with E-state index in [1.807, 2.05) is 0 Å².